The van der Waals surface area contributed by atoms with Crippen LogP contribution in [0.4, 0.5) is 0 Å². The first-order valence-corrected chi connectivity index (χ1v) is 8.25. The maximum absolute atomic E-state index is 13.2. The highest BCUT2D eigenvalue weighted by Crippen LogP contribution is 2.41. The van der Waals surface area contributed by atoms with Crippen LogP contribution in [0.15, 0.2) is 0 Å². The van der Waals surface area contributed by atoms with Crippen molar-refractivity contribution in [3.63, 3.8) is 0 Å². The Kier molecular flexibility index (Phi) is 3.46. The van der Waals surface area contributed by atoms with Crippen molar-refractivity contribution < 1.29 is 9.53 Å². The maximum atomic E-state index is 13.2. The fraction of sp³-hybridized carbons (Fsp3) is 0.750. The van der Waals surface area contributed by atoms with Gasteiger partial charge in [-0.25, -0.2) is 0 Å². The minimum atomic E-state index is 0.143. The van der Waals surface area contributed by atoms with E-state index in [0.29, 0.717) is 18.4 Å². The van der Waals surface area contributed by atoms with Gasteiger partial charge in [-0.05, 0) is 26.8 Å². The van der Waals surface area contributed by atoms with Crippen LogP contribution in [-0.4, -0.2) is 71.8 Å². The summed E-state index contributed by atoms with van der Waals surface area (Å²) < 4.78 is 5.78. The predicted octanol–water partition coefficient (Wildman–Crippen LogP) is 0.998. The predicted molar refractivity (Wildman–Crippen MR) is 81.9 cm³/mol. The summed E-state index contributed by atoms with van der Waals surface area (Å²) in [6.07, 6.45) is 2.31. The Balaban J connectivity index is 1.66. The zero-order valence-electron chi connectivity index (χ0n) is 13.3. The van der Waals surface area contributed by atoms with E-state index in [-0.39, 0.29) is 11.9 Å². The molecule has 2 bridgehead atoms. The Morgan fingerprint density at radius 1 is 1.27 bits per heavy atom. The molecule has 120 valence electrons. The van der Waals surface area contributed by atoms with Gasteiger partial charge in [0.25, 0.3) is 5.91 Å². The highest BCUT2D eigenvalue weighted by molar-refractivity contribution is 5.97. The molecule has 22 heavy (non-hydrogen) atoms. The molecule has 1 aromatic rings. The van der Waals surface area contributed by atoms with Gasteiger partial charge < -0.3 is 14.5 Å². The summed E-state index contributed by atoms with van der Waals surface area (Å²) in [5, 5.41) is 7.43. The molecule has 0 radical (unpaired) electrons. The Hall–Kier alpha value is -1.40. The van der Waals surface area contributed by atoms with E-state index < -0.39 is 0 Å². The van der Waals surface area contributed by atoms with Gasteiger partial charge in [-0.2, -0.15) is 5.10 Å². The number of hydrogen-bond acceptors (Lipinski definition) is 4. The van der Waals surface area contributed by atoms with Gasteiger partial charge in [0, 0.05) is 37.2 Å². The van der Waals surface area contributed by atoms with Gasteiger partial charge in [0.15, 0.2) is 0 Å². The van der Waals surface area contributed by atoms with Gasteiger partial charge in [0.05, 0.1) is 30.5 Å². The number of rotatable bonds is 2. The smallest absolute Gasteiger partial charge is 0.257 e. The van der Waals surface area contributed by atoms with Gasteiger partial charge in [0.1, 0.15) is 0 Å². The number of amides is 1. The molecule has 2 aliphatic heterocycles. The number of hydrogen-bond donors (Lipinski definition) is 1. The lowest BCUT2D eigenvalue weighted by molar-refractivity contribution is 0.0482. The van der Waals surface area contributed by atoms with Crippen molar-refractivity contribution in [2.45, 2.75) is 31.7 Å². The summed E-state index contributed by atoms with van der Waals surface area (Å²) >= 11 is 0. The standard InChI is InChI=1S/C16H24N4O2/c1-10-14(15(18-17-10)12-3-4-12)16(21)20-6-11-5-19(2)7-13(20)9-22-8-11/h11-13H,3-9H2,1-2H3,(H,17,18)/t11-,13-/m0/s1. The topological polar surface area (TPSA) is 61.5 Å². The van der Waals surface area contributed by atoms with E-state index in [9.17, 15) is 4.79 Å². The minimum Gasteiger partial charge on any atom is -0.379 e. The largest absolute Gasteiger partial charge is 0.379 e. The van der Waals surface area contributed by atoms with Crippen LogP contribution in [0.1, 0.15) is 40.5 Å². The second kappa shape index (κ2) is 5.35. The number of H-pyrrole nitrogens is 1. The van der Waals surface area contributed by atoms with Gasteiger partial charge in [0.2, 0.25) is 0 Å². The van der Waals surface area contributed by atoms with E-state index in [1.807, 2.05) is 11.8 Å². The normalized spacial score (nSPS) is 29.5. The van der Waals surface area contributed by atoms with Crippen LogP contribution in [0.25, 0.3) is 0 Å². The summed E-state index contributed by atoms with van der Waals surface area (Å²) in [5.74, 6) is 1.02. The van der Waals surface area contributed by atoms with Crippen LogP contribution in [0.3, 0.4) is 0 Å². The van der Waals surface area contributed by atoms with Crippen molar-refractivity contribution in [1.82, 2.24) is 20.0 Å². The number of nitrogens with one attached hydrogen (secondary N) is 1. The van der Waals surface area contributed by atoms with Crippen molar-refractivity contribution in [1.29, 1.82) is 0 Å². The summed E-state index contributed by atoms with van der Waals surface area (Å²) in [4.78, 5) is 17.6. The Bertz CT molecular complexity index is 581. The second-order valence-electron chi connectivity index (χ2n) is 7.12. The lowest BCUT2D eigenvalue weighted by Gasteiger charge is -2.30. The number of aromatic nitrogens is 2. The minimum absolute atomic E-state index is 0.143. The summed E-state index contributed by atoms with van der Waals surface area (Å²) in [7, 11) is 2.14. The first kappa shape index (κ1) is 14.2. The van der Waals surface area contributed by atoms with Crippen LogP contribution in [0.2, 0.25) is 0 Å². The third-order valence-corrected chi connectivity index (χ3v) is 5.07. The summed E-state index contributed by atoms with van der Waals surface area (Å²) in [6, 6.07) is 0.145. The summed E-state index contributed by atoms with van der Waals surface area (Å²) in [6.45, 7) is 6.03. The first-order valence-electron chi connectivity index (χ1n) is 8.25. The molecule has 2 saturated heterocycles. The Morgan fingerprint density at radius 3 is 2.86 bits per heavy atom. The monoisotopic (exact) mass is 304 g/mol. The fourth-order valence-corrected chi connectivity index (χ4v) is 3.84. The molecule has 1 aliphatic carbocycles. The Labute approximate surface area is 130 Å². The van der Waals surface area contributed by atoms with Crippen molar-refractivity contribution in [3.8, 4) is 0 Å². The molecule has 3 fully saturated rings. The third-order valence-electron chi connectivity index (χ3n) is 5.07. The number of nitrogens with zero attached hydrogens (tertiary/aromatic N) is 3. The average molecular weight is 304 g/mol. The number of likely N-dealkylation sites (N-methyl/N-ethyl adjacent to an activating group) is 1. The quantitative estimate of drug-likeness (QED) is 0.885. The van der Waals surface area contributed by atoms with E-state index in [1.54, 1.807) is 0 Å². The van der Waals surface area contributed by atoms with Gasteiger partial charge in [-0.15, -0.1) is 0 Å². The van der Waals surface area contributed by atoms with E-state index >= 15 is 0 Å². The zero-order chi connectivity index (χ0) is 15.3. The average Bonchev–Trinajstić information content (AvgIpc) is 3.26. The molecular weight excluding hydrogens is 280 g/mol. The molecular formula is C16H24N4O2. The molecule has 1 aromatic heterocycles. The van der Waals surface area contributed by atoms with Crippen LogP contribution in [0, 0.1) is 12.8 Å². The van der Waals surface area contributed by atoms with E-state index in [1.165, 1.54) is 0 Å². The van der Waals surface area contributed by atoms with E-state index in [0.717, 1.165) is 56.0 Å². The van der Waals surface area contributed by atoms with Crippen molar-refractivity contribution in [3.05, 3.63) is 17.0 Å². The van der Waals surface area contributed by atoms with Crippen LogP contribution < -0.4 is 0 Å². The molecule has 4 rings (SSSR count). The molecule has 1 saturated carbocycles. The molecule has 3 aliphatic rings. The lowest BCUT2D eigenvalue weighted by Crippen LogP contribution is -2.46. The van der Waals surface area contributed by atoms with Crippen molar-refractivity contribution >= 4 is 5.91 Å². The molecule has 1 amide bonds. The molecule has 6 heteroatoms. The number of aromatic amines is 1. The number of carbonyl (C=O) groups is 1. The highest BCUT2D eigenvalue weighted by Gasteiger charge is 2.39. The lowest BCUT2D eigenvalue weighted by atomic mass is 10.1. The second-order valence-corrected chi connectivity index (χ2v) is 7.12. The van der Waals surface area contributed by atoms with Gasteiger partial charge in [-0.3, -0.25) is 9.89 Å². The van der Waals surface area contributed by atoms with E-state index in [4.69, 9.17) is 4.74 Å². The van der Waals surface area contributed by atoms with Crippen molar-refractivity contribution in [2.75, 3.05) is 39.9 Å². The molecule has 0 aromatic carbocycles. The Morgan fingerprint density at radius 2 is 2.09 bits per heavy atom. The van der Waals surface area contributed by atoms with Crippen LogP contribution in [-0.2, 0) is 4.74 Å². The molecule has 3 heterocycles. The van der Waals surface area contributed by atoms with Crippen LogP contribution in [0.5, 0.6) is 0 Å². The molecule has 0 spiro atoms. The van der Waals surface area contributed by atoms with Crippen LogP contribution >= 0.6 is 0 Å². The van der Waals surface area contributed by atoms with Gasteiger partial charge in [-0.1, -0.05) is 0 Å². The molecule has 6 nitrogen and oxygen atoms in total. The fourth-order valence-electron chi connectivity index (χ4n) is 3.84. The SMILES string of the molecule is Cc1[nH]nc(C2CC2)c1C(=O)N1C[C@H]2COC[C@@H]1CN(C)C2. The number of ether oxygens (including phenoxy) is 1. The molecule has 2 atom stereocenters. The first-order chi connectivity index (χ1) is 10.6. The number of aryl methyl sites for hydroxylation is 1. The van der Waals surface area contributed by atoms with E-state index in [2.05, 4.69) is 22.1 Å². The molecule has 1 N–H and O–H groups in total. The highest BCUT2D eigenvalue weighted by atomic mass is 16.5. The number of fused-ring (bicyclic) bond motifs is 3. The number of carbonyl (C=O) groups excluding carboxylic acids is 1. The van der Waals surface area contributed by atoms with Crippen molar-refractivity contribution in [2.24, 2.45) is 5.92 Å². The van der Waals surface area contributed by atoms with Gasteiger partial charge >= 0.3 is 0 Å². The zero-order valence-corrected chi connectivity index (χ0v) is 13.3. The summed E-state index contributed by atoms with van der Waals surface area (Å²) in [5.41, 5.74) is 2.70. The molecule has 0 unspecified atom stereocenters. The third kappa shape index (κ3) is 2.44. The maximum Gasteiger partial charge on any atom is 0.257 e.